The third-order valence-corrected chi connectivity index (χ3v) is 6.35. The fraction of sp³-hybridized carbons (Fsp3) is 0.0345. The Morgan fingerprint density at radius 1 is 0.771 bits per heavy atom. The molecule has 0 spiro atoms. The van der Waals surface area contributed by atoms with Crippen LogP contribution in [0.2, 0.25) is 0 Å². The van der Waals surface area contributed by atoms with Crippen LogP contribution in [0.3, 0.4) is 0 Å². The summed E-state index contributed by atoms with van der Waals surface area (Å²) in [5, 5.41) is 3.53. The van der Waals surface area contributed by atoms with Gasteiger partial charge in [-0.1, -0.05) is 90.6 Å². The first kappa shape index (κ1) is 22.6. The fourth-order valence-corrected chi connectivity index (χ4v) is 4.65. The minimum Gasteiger partial charge on any atom is -0.325 e. The van der Waals surface area contributed by atoms with Gasteiger partial charge in [-0.2, -0.15) is 0 Å². The number of para-hydroxylation sites is 1. The van der Waals surface area contributed by atoms with E-state index in [1.807, 2.05) is 78.9 Å². The standard InChI is InChI=1S/C29H22FN3OS/c30-23-16-18-24(19-17-23)31-26(34)20-35-29-32-27(21-10-4-1-5-11-21)28(22-12-6-2-7-13-22)33(29)25-14-8-3-9-15-25/h1-19H,20H2,(H,31,34). The molecule has 5 aromatic rings. The lowest BCUT2D eigenvalue weighted by Gasteiger charge is -2.13. The number of benzene rings is 4. The van der Waals surface area contributed by atoms with Gasteiger partial charge < -0.3 is 5.32 Å². The molecule has 4 aromatic carbocycles. The highest BCUT2D eigenvalue weighted by Gasteiger charge is 2.22. The summed E-state index contributed by atoms with van der Waals surface area (Å²) >= 11 is 1.36. The van der Waals surface area contributed by atoms with E-state index in [9.17, 15) is 9.18 Å². The van der Waals surface area contributed by atoms with Gasteiger partial charge in [0.1, 0.15) is 5.82 Å². The van der Waals surface area contributed by atoms with Gasteiger partial charge in [-0.25, -0.2) is 9.37 Å². The van der Waals surface area contributed by atoms with Crippen molar-refractivity contribution in [2.24, 2.45) is 0 Å². The molecule has 0 unspecified atom stereocenters. The van der Waals surface area contributed by atoms with E-state index in [4.69, 9.17) is 4.98 Å². The van der Waals surface area contributed by atoms with Gasteiger partial charge in [0.15, 0.2) is 5.16 Å². The fourth-order valence-electron chi connectivity index (χ4n) is 3.83. The average Bonchev–Trinajstić information content (AvgIpc) is 3.30. The number of hydrogen-bond acceptors (Lipinski definition) is 3. The Kier molecular flexibility index (Phi) is 6.73. The highest BCUT2D eigenvalue weighted by molar-refractivity contribution is 7.99. The zero-order valence-corrected chi connectivity index (χ0v) is 19.6. The molecule has 5 rings (SSSR count). The van der Waals surface area contributed by atoms with E-state index in [0.717, 1.165) is 28.2 Å². The van der Waals surface area contributed by atoms with Gasteiger partial charge >= 0.3 is 0 Å². The molecule has 4 nitrogen and oxygen atoms in total. The first-order chi connectivity index (χ1) is 17.2. The molecule has 1 heterocycles. The number of imidazole rings is 1. The number of hydrogen-bond donors (Lipinski definition) is 1. The molecule has 1 aromatic heterocycles. The van der Waals surface area contributed by atoms with Crippen LogP contribution in [-0.4, -0.2) is 21.2 Å². The Morgan fingerprint density at radius 3 is 1.97 bits per heavy atom. The quantitative estimate of drug-likeness (QED) is 0.254. The van der Waals surface area contributed by atoms with Crippen molar-refractivity contribution in [3.63, 3.8) is 0 Å². The molecule has 0 bridgehead atoms. The Hall–Kier alpha value is -4.16. The number of aromatic nitrogens is 2. The number of carbonyl (C=O) groups is 1. The van der Waals surface area contributed by atoms with Crippen molar-refractivity contribution in [3.8, 4) is 28.2 Å². The van der Waals surface area contributed by atoms with Crippen molar-refractivity contribution in [1.29, 1.82) is 0 Å². The molecular weight excluding hydrogens is 457 g/mol. The minimum atomic E-state index is -0.343. The normalized spacial score (nSPS) is 10.8. The molecule has 0 aliphatic carbocycles. The van der Waals surface area contributed by atoms with Crippen LogP contribution in [0.15, 0.2) is 120 Å². The Morgan fingerprint density at radius 2 is 1.34 bits per heavy atom. The van der Waals surface area contributed by atoms with Crippen LogP contribution in [-0.2, 0) is 4.79 Å². The molecule has 0 atom stereocenters. The topological polar surface area (TPSA) is 46.9 Å². The summed E-state index contributed by atoms with van der Waals surface area (Å²) < 4.78 is 15.3. The summed E-state index contributed by atoms with van der Waals surface area (Å²) in [6.45, 7) is 0. The first-order valence-corrected chi connectivity index (χ1v) is 12.1. The van der Waals surface area contributed by atoms with E-state index in [2.05, 4.69) is 22.0 Å². The van der Waals surface area contributed by atoms with E-state index in [0.29, 0.717) is 10.8 Å². The van der Waals surface area contributed by atoms with Gasteiger partial charge in [-0.15, -0.1) is 0 Å². The molecule has 0 fully saturated rings. The average molecular weight is 480 g/mol. The summed E-state index contributed by atoms with van der Waals surface area (Å²) in [4.78, 5) is 17.7. The Bertz CT molecular complexity index is 1420. The van der Waals surface area contributed by atoms with Crippen LogP contribution in [0, 0.1) is 5.82 Å². The number of carbonyl (C=O) groups excluding carboxylic acids is 1. The lowest BCUT2D eigenvalue weighted by molar-refractivity contribution is -0.113. The van der Waals surface area contributed by atoms with Crippen molar-refractivity contribution in [2.45, 2.75) is 5.16 Å². The second kappa shape index (κ2) is 10.4. The largest absolute Gasteiger partial charge is 0.325 e. The molecule has 35 heavy (non-hydrogen) atoms. The van der Waals surface area contributed by atoms with Gasteiger partial charge in [0, 0.05) is 22.5 Å². The van der Waals surface area contributed by atoms with Crippen molar-refractivity contribution < 1.29 is 9.18 Å². The summed E-state index contributed by atoms with van der Waals surface area (Å²) in [6.07, 6.45) is 0. The zero-order chi connectivity index (χ0) is 24.0. The molecule has 0 saturated carbocycles. The van der Waals surface area contributed by atoms with E-state index < -0.39 is 0 Å². The molecule has 172 valence electrons. The van der Waals surface area contributed by atoms with E-state index in [1.165, 1.54) is 23.9 Å². The third kappa shape index (κ3) is 5.18. The SMILES string of the molecule is O=C(CSc1nc(-c2ccccc2)c(-c2ccccc2)n1-c1ccccc1)Nc1ccc(F)cc1. The second-order valence-corrected chi connectivity index (χ2v) is 8.78. The molecule has 0 radical (unpaired) electrons. The Labute approximate surface area is 207 Å². The maximum absolute atomic E-state index is 13.2. The van der Waals surface area contributed by atoms with Crippen LogP contribution in [0.1, 0.15) is 0 Å². The van der Waals surface area contributed by atoms with Gasteiger partial charge in [0.05, 0.1) is 17.1 Å². The molecule has 0 saturated heterocycles. The smallest absolute Gasteiger partial charge is 0.234 e. The maximum atomic E-state index is 13.2. The maximum Gasteiger partial charge on any atom is 0.234 e. The second-order valence-electron chi connectivity index (χ2n) is 7.84. The van der Waals surface area contributed by atoms with Gasteiger partial charge in [0.2, 0.25) is 5.91 Å². The van der Waals surface area contributed by atoms with E-state index in [1.54, 1.807) is 12.1 Å². The van der Waals surface area contributed by atoms with Crippen LogP contribution in [0.25, 0.3) is 28.2 Å². The van der Waals surface area contributed by atoms with Crippen molar-refractivity contribution in [2.75, 3.05) is 11.1 Å². The van der Waals surface area contributed by atoms with Crippen LogP contribution in [0.4, 0.5) is 10.1 Å². The van der Waals surface area contributed by atoms with Crippen LogP contribution < -0.4 is 5.32 Å². The third-order valence-electron chi connectivity index (χ3n) is 5.42. The number of anilines is 1. The highest BCUT2D eigenvalue weighted by Crippen LogP contribution is 2.38. The zero-order valence-electron chi connectivity index (χ0n) is 18.8. The Balaban J connectivity index is 1.55. The minimum absolute atomic E-state index is 0.156. The van der Waals surface area contributed by atoms with Gasteiger partial charge in [0.25, 0.3) is 0 Å². The monoisotopic (exact) mass is 479 g/mol. The first-order valence-electron chi connectivity index (χ1n) is 11.2. The lowest BCUT2D eigenvalue weighted by Crippen LogP contribution is -2.14. The van der Waals surface area contributed by atoms with Crippen LogP contribution in [0.5, 0.6) is 0 Å². The summed E-state index contributed by atoms with van der Waals surface area (Å²) in [6, 6.07) is 36.0. The summed E-state index contributed by atoms with van der Waals surface area (Å²) in [7, 11) is 0. The predicted molar refractivity (Wildman–Crippen MR) is 140 cm³/mol. The number of halogens is 1. The molecule has 0 aliphatic rings. The molecule has 6 heteroatoms. The van der Waals surface area contributed by atoms with Gasteiger partial charge in [-0.05, 0) is 36.4 Å². The summed E-state index contributed by atoms with van der Waals surface area (Å²) in [5.74, 6) is -0.375. The summed E-state index contributed by atoms with van der Waals surface area (Å²) in [5.41, 5.74) is 5.36. The molecule has 0 aliphatic heterocycles. The van der Waals surface area contributed by atoms with Crippen molar-refractivity contribution >= 4 is 23.4 Å². The lowest BCUT2D eigenvalue weighted by atomic mass is 10.0. The predicted octanol–water partition coefficient (Wildman–Crippen LogP) is 7.08. The van der Waals surface area contributed by atoms with Crippen molar-refractivity contribution in [1.82, 2.24) is 9.55 Å². The van der Waals surface area contributed by atoms with E-state index in [-0.39, 0.29) is 17.5 Å². The number of amides is 1. The van der Waals surface area contributed by atoms with Crippen molar-refractivity contribution in [3.05, 3.63) is 121 Å². The van der Waals surface area contributed by atoms with Crippen LogP contribution >= 0.6 is 11.8 Å². The van der Waals surface area contributed by atoms with Gasteiger partial charge in [-0.3, -0.25) is 9.36 Å². The number of nitrogens with zero attached hydrogens (tertiary/aromatic N) is 2. The number of rotatable bonds is 7. The number of thioether (sulfide) groups is 1. The molecule has 1 amide bonds. The van der Waals surface area contributed by atoms with E-state index >= 15 is 0 Å². The molecule has 1 N–H and O–H groups in total. The number of nitrogens with one attached hydrogen (secondary N) is 1. The highest BCUT2D eigenvalue weighted by atomic mass is 32.2. The molecular formula is C29H22FN3OS.